The third-order valence-corrected chi connectivity index (χ3v) is 7.67. The number of anilines is 3. The van der Waals surface area contributed by atoms with Crippen LogP contribution >= 0.6 is 11.6 Å². The second-order valence-corrected chi connectivity index (χ2v) is 10.9. The third-order valence-electron chi connectivity index (χ3n) is 7.36. The zero-order chi connectivity index (χ0) is 27.4. The van der Waals surface area contributed by atoms with Gasteiger partial charge in [0.15, 0.2) is 11.6 Å². The lowest BCUT2D eigenvalue weighted by molar-refractivity contribution is 0.0984. The third kappa shape index (κ3) is 6.76. The van der Waals surface area contributed by atoms with Crippen molar-refractivity contribution in [3.8, 4) is 0 Å². The fourth-order valence-corrected chi connectivity index (χ4v) is 5.15. The number of benzene rings is 3. The molecule has 0 spiro atoms. The number of aromatic nitrogens is 2. The van der Waals surface area contributed by atoms with Crippen LogP contribution < -0.4 is 10.2 Å². The number of piperidine rings is 1. The SMILES string of the molecule is CC1CCN(c2ccc(C(=O)Cc3ccc(Nc4ccc(CC(=O)c5cnn(C)c5)cc4Cl)cc3)cc2)CC1. The van der Waals surface area contributed by atoms with E-state index in [1.807, 2.05) is 54.6 Å². The van der Waals surface area contributed by atoms with Gasteiger partial charge in [0.1, 0.15) is 0 Å². The van der Waals surface area contributed by atoms with Crippen LogP contribution in [0, 0.1) is 5.92 Å². The van der Waals surface area contributed by atoms with Crippen LogP contribution in [0.1, 0.15) is 51.6 Å². The Morgan fingerprint density at radius 2 is 1.54 bits per heavy atom. The normalized spacial score (nSPS) is 13.9. The number of Topliss-reactive ketones (excluding diaryl/α,β-unsaturated/α-hetero) is 2. The van der Waals surface area contributed by atoms with Crippen LogP contribution in [0.5, 0.6) is 0 Å². The zero-order valence-electron chi connectivity index (χ0n) is 22.4. The van der Waals surface area contributed by atoms with Gasteiger partial charge in [0.05, 0.1) is 22.5 Å². The van der Waals surface area contributed by atoms with Crippen LogP contribution in [0.25, 0.3) is 0 Å². The summed E-state index contributed by atoms with van der Waals surface area (Å²) < 4.78 is 1.61. The molecule has 0 saturated carbocycles. The average Bonchev–Trinajstić information content (AvgIpc) is 3.38. The molecule has 3 aromatic carbocycles. The Balaban J connectivity index is 1.16. The Morgan fingerprint density at radius 1 is 0.897 bits per heavy atom. The molecule has 0 atom stereocenters. The number of nitrogens with one attached hydrogen (secondary N) is 1. The van der Waals surface area contributed by atoms with Gasteiger partial charge < -0.3 is 10.2 Å². The van der Waals surface area contributed by atoms with Gasteiger partial charge in [0.2, 0.25) is 0 Å². The van der Waals surface area contributed by atoms with E-state index < -0.39 is 0 Å². The Kier molecular flexibility index (Phi) is 8.13. The highest BCUT2D eigenvalue weighted by Gasteiger charge is 2.17. The summed E-state index contributed by atoms with van der Waals surface area (Å²) in [5.74, 6) is 0.896. The van der Waals surface area contributed by atoms with E-state index in [0.29, 0.717) is 17.0 Å². The number of hydrogen-bond acceptors (Lipinski definition) is 5. The molecule has 0 radical (unpaired) electrons. The number of carbonyl (C=O) groups is 2. The molecule has 1 fully saturated rings. The molecule has 1 aliphatic rings. The fourth-order valence-electron chi connectivity index (χ4n) is 4.90. The first-order valence-electron chi connectivity index (χ1n) is 13.4. The molecule has 6 nitrogen and oxygen atoms in total. The molecular weight excluding hydrogens is 508 g/mol. The Morgan fingerprint density at radius 3 is 2.18 bits per heavy atom. The Bertz CT molecular complexity index is 1450. The lowest BCUT2D eigenvalue weighted by atomic mass is 9.98. The molecular formula is C32H33ClN4O2. The monoisotopic (exact) mass is 540 g/mol. The van der Waals surface area contributed by atoms with Crippen LogP contribution in [0.3, 0.4) is 0 Å². The lowest BCUT2D eigenvalue weighted by Crippen LogP contribution is -2.32. The lowest BCUT2D eigenvalue weighted by Gasteiger charge is -2.32. The molecule has 1 aromatic heterocycles. The summed E-state index contributed by atoms with van der Waals surface area (Å²) in [4.78, 5) is 27.8. The van der Waals surface area contributed by atoms with Crippen LogP contribution in [0.4, 0.5) is 17.1 Å². The molecule has 0 unspecified atom stereocenters. The number of aryl methyl sites for hydroxylation is 1. The molecule has 1 aliphatic heterocycles. The van der Waals surface area contributed by atoms with E-state index in [1.54, 1.807) is 24.1 Å². The predicted octanol–water partition coefficient (Wildman–Crippen LogP) is 6.90. The molecule has 0 aliphatic carbocycles. The number of rotatable bonds is 9. The second kappa shape index (κ2) is 11.9. The standard InChI is InChI=1S/C32H33ClN4O2/c1-22-13-15-37(16-14-22)28-10-6-25(7-11-28)31(38)18-23-3-8-27(9-4-23)35-30-12-5-24(17-29(30)33)19-32(39)26-20-34-36(2)21-26/h3-12,17,20-22,35H,13-16,18-19H2,1-2H3. The number of ketones is 2. The molecule has 39 heavy (non-hydrogen) atoms. The summed E-state index contributed by atoms with van der Waals surface area (Å²) in [6.07, 6.45) is 6.33. The van der Waals surface area contributed by atoms with E-state index in [0.717, 1.165) is 47.1 Å². The Hall–Kier alpha value is -3.90. The molecule has 1 N–H and O–H groups in total. The minimum absolute atomic E-state index is 0.00220. The highest BCUT2D eigenvalue weighted by atomic mass is 35.5. The number of halogens is 1. The molecule has 200 valence electrons. The van der Waals surface area contributed by atoms with Crippen molar-refractivity contribution >= 4 is 40.2 Å². The number of carbonyl (C=O) groups excluding carboxylic acids is 2. The van der Waals surface area contributed by atoms with Gasteiger partial charge in [-0.15, -0.1) is 0 Å². The summed E-state index contributed by atoms with van der Waals surface area (Å²) in [6, 6.07) is 21.4. The van der Waals surface area contributed by atoms with Crippen molar-refractivity contribution in [1.82, 2.24) is 9.78 Å². The fraction of sp³-hybridized carbons (Fsp3) is 0.281. The van der Waals surface area contributed by atoms with Crippen molar-refractivity contribution in [2.45, 2.75) is 32.6 Å². The van der Waals surface area contributed by atoms with Crippen molar-refractivity contribution in [2.75, 3.05) is 23.3 Å². The summed E-state index contributed by atoms with van der Waals surface area (Å²) in [6.45, 7) is 4.47. The van der Waals surface area contributed by atoms with Gasteiger partial charge >= 0.3 is 0 Å². The van der Waals surface area contributed by atoms with Crippen molar-refractivity contribution in [2.24, 2.45) is 13.0 Å². The van der Waals surface area contributed by atoms with Crippen molar-refractivity contribution in [3.63, 3.8) is 0 Å². The van der Waals surface area contributed by atoms with E-state index >= 15 is 0 Å². The molecule has 1 saturated heterocycles. The largest absolute Gasteiger partial charge is 0.372 e. The number of nitrogens with zero attached hydrogens (tertiary/aromatic N) is 3. The molecule has 0 bridgehead atoms. The van der Waals surface area contributed by atoms with Crippen molar-refractivity contribution in [1.29, 1.82) is 0 Å². The molecule has 0 amide bonds. The van der Waals surface area contributed by atoms with E-state index in [1.165, 1.54) is 18.5 Å². The molecule has 2 heterocycles. The maximum atomic E-state index is 12.9. The molecule has 4 aromatic rings. The summed E-state index contributed by atoms with van der Waals surface area (Å²) in [5, 5.41) is 7.91. The first-order valence-corrected chi connectivity index (χ1v) is 13.8. The van der Waals surface area contributed by atoms with Gasteiger partial charge in [-0.1, -0.05) is 36.7 Å². The van der Waals surface area contributed by atoms with Gasteiger partial charge in [-0.3, -0.25) is 14.3 Å². The first kappa shape index (κ1) is 26.7. The molecule has 7 heteroatoms. The van der Waals surface area contributed by atoms with Crippen LogP contribution in [-0.2, 0) is 19.9 Å². The van der Waals surface area contributed by atoms with Gasteiger partial charge in [-0.2, -0.15) is 5.10 Å². The molecule has 5 rings (SSSR count). The van der Waals surface area contributed by atoms with E-state index in [-0.39, 0.29) is 18.0 Å². The zero-order valence-corrected chi connectivity index (χ0v) is 23.1. The van der Waals surface area contributed by atoms with Crippen LogP contribution in [0.15, 0.2) is 79.1 Å². The summed E-state index contributed by atoms with van der Waals surface area (Å²) in [7, 11) is 1.79. The predicted molar refractivity (Wildman–Crippen MR) is 158 cm³/mol. The first-order chi connectivity index (χ1) is 18.8. The minimum atomic E-state index is -0.00220. The van der Waals surface area contributed by atoms with E-state index in [4.69, 9.17) is 11.6 Å². The minimum Gasteiger partial charge on any atom is -0.372 e. The second-order valence-electron chi connectivity index (χ2n) is 10.5. The van der Waals surface area contributed by atoms with Gasteiger partial charge in [0, 0.05) is 56.1 Å². The van der Waals surface area contributed by atoms with E-state index in [9.17, 15) is 9.59 Å². The quantitative estimate of drug-likeness (QED) is 0.234. The van der Waals surface area contributed by atoms with Gasteiger partial charge in [-0.25, -0.2) is 0 Å². The van der Waals surface area contributed by atoms with Crippen molar-refractivity contribution < 1.29 is 9.59 Å². The summed E-state index contributed by atoms with van der Waals surface area (Å²) in [5.41, 5.74) is 5.93. The average molecular weight is 541 g/mol. The smallest absolute Gasteiger partial charge is 0.170 e. The van der Waals surface area contributed by atoms with Gasteiger partial charge in [0.25, 0.3) is 0 Å². The van der Waals surface area contributed by atoms with Crippen LogP contribution in [-0.4, -0.2) is 34.4 Å². The Labute approximate surface area is 234 Å². The highest BCUT2D eigenvalue weighted by molar-refractivity contribution is 6.33. The topological polar surface area (TPSA) is 67.2 Å². The van der Waals surface area contributed by atoms with Crippen LogP contribution in [0.2, 0.25) is 5.02 Å². The van der Waals surface area contributed by atoms with E-state index in [2.05, 4.69) is 34.4 Å². The van der Waals surface area contributed by atoms with Crippen molar-refractivity contribution in [3.05, 3.63) is 106 Å². The number of hydrogen-bond donors (Lipinski definition) is 1. The summed E-state index contributed by atoms with van der Waals surface area (Å²) >= 11 is 6.51. The highest BCUT2D eigenvalue weighted by Crippen LogP contribution is 2.28. The van der Waals surface area contributed by atoms with Gasteiger partial charge in [-0.05, 0) is 78.4 Å². The maximum absolute atomic E-state index is 12.9. The maximum Gasteiger partial charge on any atom is 0.170 e.